The molecule has 0 aliphatic carbocycles. The summed E-state index contributed by atoms with van der Waals surface area (Å²) in [5.74, 6) is -2.27. The number of aromatic nitrogens is 1. The Morgan fingerprint density at radius 1 is 1.20 bits per heavy atom. The van der Waals surface area contributed by atoms with E-state index in [9.17, 15) is 35.4 Å². The predicted octanol–water partition coefficient (Wildman–Crippen LogP) is 2.79. The topological polar surface area (TPSA) is 161 Å². The van der Waals surface area contributed by atoms with Gasteiger partial charge in [-0.2, -0.15) is 0 Å². The van der Waals surface area contributed by atoms with Gasteiger partial charge in [-0.3, -0.25) is 0 Å². The van der Waals surface area contributed by atoms with Crippen LogP contribution < -0.4 is 0 Å². The number of ether oxygens (including phenoxy) is 1. The van der Waals surface area contributed by atoms with E-state index in [0.717, 1.165) is 5.57 Å². The first kappa shape index (κ1) is 33.8. The molecule has 0 radical (unpaired) electrons. The molecule has 2 heterocycles. The molecule has 0 spiro atoms. The number of esters is 1. The zero-order chi connectivity index (χ0) is 30.0. The van der Waals surface area contributed by atoms with Gasteiger partial charge in [0.15, 0.2) is 6.10 Å². The van der Waals surface area contributed by atoms with Gasteiger partial charge in [-0.25, -0.2) is 9.78 Å². The minimum absolute atomic E-state index is 0.0121. The minimum atomic E-state index is -1.40. The van der Waals surface area contributed by atoms with Gasteiger partial charge in [0.2, 0.25) is 0 Å². The van der Waals surface area contributed by atoms with E-state index in [1.54, 1.807) is 43.5 Å². The standard InChI is InChI=1S/C30H43NO8S/c1-6-17(2)12-18(3)26(36)20(5)27(37)28-24(34)11-9-7-8-10-22(33)14-25(35)23(15-32)29-31-21(16-40-29)13-19(4)30(38)39-28/h6-10,12-13,16,20,22-28,32-37H,11,14-15H2,1-5H3. The van der Waals surface area contributed by atoms with Gasteiger partial charge in [0, 0.05) is 23.3 Å². The van der Waals surface area contributed by atoms with Crippen molar-refractivity contribution in [2.75, 3.05) is 6.61 Å². The van der Waals surface area contributed by atoms with E-state index < -0.39 is 54.4 Å². The van der Waals surface area contributed by atoms with Crippen molar-refractivity contribution in [3.63, 3.8) is 0 Å². The van der Waals surface area contributed by atoms with Gasteiger partial charge >= 0.3 is 5.97 Å². The Kier molecular flexibility index (Phi) is 13.6. The molecule has 40 heavy (non-hydrogen) atoms. The average molecular weight is 578 g/mol. The summed E-state index contributed by atoms with van der Waals surface area (Å²) in [6.07, 6.45) is 4.22. The first-order valence-electron chi connectivity index (χ1n) is 13.4. The number of nitrogens with zero attached hydrogens (tertiary/aromatic N) is 1. The van der Waals surface area contributed by atoms with Crippen LogP contribution in [0.1, 0.15) is 64.1 Å². The number of thiazole rings is 1. The summed E-state index contributed by atoms with van der Waals surface area (Å²) in [7, 11) is 0. The van der Waals surface area contributed by atoms with Crippen molar-refractivity contribution < 1.29 is 40.2 Å². The normalized spacial score (nSPS) is 28.2. The highest BCUT2D eigenvalue weighted by molar-refractivity contribution is 7.09. The largest absolute Gasteiger partial charge is 0.453 e. The van der Waals surface area contributed by atoms with Crippen LogP contribution in [-0.2, 0) is 9.53 Å². The molecule has 2 rings (SSSR count). The number of allylic oxidation sites excluding steroid dienone is 5. The van der Waals surface area contributed by atoms with Crippen molar-refractivity contribution in [3.05, 3.63) is 69.3 Å². The second-order valence-corrected chi connectivity index (χ2v) is 11.2. The molecular weight excluding hydrogens is 534 g/mol. The number of carbonyl (C=O) groups is 1. The molecule has 8 unspecified atom stereocenters. The molecule has 0 fully saturated rings. The molecule has 222 valence electrons. The second kappa shape index (κ2) is 16.1. The Bertz CT molecular complexity index is 1120. The molecule has 9 nitrogen and oxygen atoms in total. The van der Waals surface area contributed by atoms with Gasteiger partial charge in [-0.15, -0.1) is 11.3 Å². The van der Waals surface area contributed by atoms with E-state index in [-0.39, 0.29) is 25.0 Å². The number of aliphatic hydroxyl groups is 6. The predicted molar refractivity (Wildman–Crippen MR) is 155 cm³/mol. The van der Waals surface area contributed by atoms with Gasteiger partial charge in [-0.05, 0) is 45.8 Å². The molecule has 0 saturated heterocycles. The second-order valence-electron chi connectivity index (χ2n) is 10.3. The van der Waals surface area contributed by atoms with Crippen LogP contribution in [0.2, 0.25) is 0 Å². The molecule has 1 aliphatic rings. The van der Waals surface area contributed by atoms with E-state index in [1.165, 1.54) is 30.4 Å². The lowest BCUT2D eigenvalue weighted by molar-refractivity contribution is -0.165. The maximum absolute atomic E-state index is 13.0. The Hall–Kier alpha value is -2.44. The van der Waals surface area contributed by atoms with Crippen molar-refractivity contribution in [3.8, 4) is 0 Å². The van der Waals surface area contributed by atoms with Crippen LogP contribution in [0.3, 0.4) is 0 Å². The summed E-state index contributed by atoms with van der Waals surface area (Å²) in [4.78, 5) is 17.5. The van der Waals surface area contributed by atoms with Crippen LogP contribution in [0.25, 0.3) is 6.08 Å². The molecule has 10 heteroatoms. The van der Waals surface area contributed by atoms with Crippen LogP contribution >= 0.6 is 11.3 Å². The molecule has 2 bridgehead atoms. The molecule has 0 amide bonds. The Labute approximate surface area is 240 Å². The monoisotopic (exact) mass is 577 g/mol. The molecule has 0 saturated carbocycles. The maximum Gasteiger partial charge on any atom is 0.334 e. The smallest absolute Gasteiger partial charge is 0.334 e. The molecule has 1 aliphatic heterocycles. The summed E-state index contributed by atoms with van der Waals surface area (Å²) in [6, 6.07) is 0. The van der Waals surface area contributed by atoms with Crippen molar-refractivity contribution in [1.82, 2.24) is 4.98 Å². The highest BCUT2D eigenvalue weighted by Gasteiger charge is 2.37. The van der Waals surface area contributed by atoms with Crippen LogP contribution in [-0.4, -0.2) is 84.8 Å². The van der Waals surface area contributed by atoms with Crippen LogP contribution in [0.15, 0.2) is 58.6 Å². The number of hydrogen-bond acceptors (Lipinski definition) is 10. The van der Waals surface area contributed by atoms with Gasteiger partial charge in [0.25, 0.3) is 0 Å². The number of aliphatic hydroxyl groups excluding tert-OH is 6. The first-order valence-corrected chi connectivity index (χ1v) is 14.3. The number of hydrogen-bond donors (Lipinski definition) is 6. The summed E-state index contributed by atoms with van der Waals surface area (Å²) in [6.45, 7) is 8.27. The van der Waals surface area contributed by atoms with Gasteiger partial charge in [0.1, 0.15) is 5.01 Å². The van der Waals surface area contributed by atoms with Gasteiger partial charge < -0.3 is 35.4 Å². The third-order valence-electron chi connectivity index (χ3n) is 7.02. The van der Waals surface area contributed by atoms with E-state index in [1.807, 2.05) is 19.9 Å². The minimum Gasteiger partial charge on any atom is -0.453 e. The van der Waals surface area contributed by atoms with E-state index in [0.29, 0.717) is 16.3 Å². The summed E-state index contributed by atoms with van der Waals surface area (Å²) in [5.41, 5.74) is 2.12. The molecule has 8 atom stereocenters. The third kappa shape index (κ3) is 9.59. The third-order valence-corrected chi connectivity index (χ3v) is 8.01. The van der Waals surface area contributed by atoms with Gasteiger partial charge in [0.05, 0.1) is 48.7 Å². The Morgan fingerprint density at radius 3 is 2.55 bits per heavy atom. The lowest BCUT2D eigenvalue weighted by Crippen LogP contribution is -2.47. The quantitative estimate of drug-likeness (QED) is 0.221. The fourth-order valence-electron chi connectivity index (χ4n) is 4.32. The van der Waals surface area contributed by atoms with Crippen molar-refractivity contribution in [2.24, 2.45) is 5.92 Å². The Morgan fingerprint density at radius 2 is 1.90 bits per heavy atom. The lowest BCUT2D eigenvalue weighted by atomic mass is 9.87. The summed E-state index contributed by atoms with van der Waals surface area (Å²) < 4.78 is 5.61. The highest BCUT2D eigenvalue weighted by Crippen LogP contribution is 2.28. The molecule has 1 aromatic heterocycles. The highest BCUT2D eigenvalue weighted by atomic mass is 32.1. The zero-order valence-corrected chi connectivity index (χ0v) is 24.5. The van der Waals surface area contributed by atoms with Crippen molar-refractivity contribution in [1.29, 1.82) is 0 Å². The van der Waals surface area contributed by atoms with Crippen LogP contribution in [0.4, 0.5) is 0 Å². The molecule has 0 aromatic carbocycles. The fraction of sp³-hybridized carbons (Fsp3) is 0.533. The number of fused-ring (bicyclic) bond motifs is 2. The fourth-order valence-corrected chi connectivity index (χ4v) is 5.24. The van der Waals surface area contributed by atoms with E-state index in [2.05, 4.69) is 4.98 Å². The number of carbonyl (C=O) groups excluding carboxylic acids is 1. The van der Waals surface area contributed by atoms with Crippen molar-refractivity contribution in [2.45, 2.75) is 90.0 Å². The lowest BCUT2D eigenvalue weighted by Gasteiger charge is -2.33. The molecular formula is C30H43NO8S. The van der Waals surface area contributed by atoms with Crippen LogP contribution in [0.5, 0.6) is 0 Å². The van der Waals surface area contributed by atoms with Crippen LogP contribution in [0, 0.1) is 5.92 Å². The first-order chi connectivity index (χ1) is 18.9. The molecule has 1 aromatic rings. The maximum atomic E-state index is 13.0. The van der Waals surface area contributed by atoms with Crippen molar-refractivity contribution >= 4 is 23.4 Å². The van der Waals surface area contributed by atoms with Gasteiger partial charge in [-0.1, -0.05) is 49.0 Å². The van der Waals surface area contributed by atoms with E-state index >= 15 is 0 Å². The van der Waals surface area contributed by atoms with E-state index in [4.69, 9.17) is 4.74 Å². The Balaban J connectivity index is 2.42. The SMILES string of the molecule is CC=C(C)C=C(C)C(O)C(C)C(O)C1OC(=O)C(C)=Cc2csc(n2)C(CO)C(O)CC(O)C=CC=CCC1O. The number of cyclic esters (lactones) is 1. The number of rotatable bonds is 6. The molecule has 6 N–H and O–H groups in total. The zero-order valence-electron chi connectivity index (χ0n) is 23.7. The average Bonchev–Trinajstić information content (AvgIpc) is 3.37. The summed E-state index contributed by atoms with van der Waals surface area (Å²) in [5, 5.41) is 65.9. The summed E-state index contributed by atoms with van der Waals surface area (Å²) >= 11 is 1.20.